The summed E-state index contributed by atoms with van der Waals surface area (Å²) in [5, 5.41) is 2.49. The van der Waals surface area contributed by atoms with Crippen molar-refractivity contribution in [2.24, 2.45) is 0 Å². The molecule has 2 N–H and O–H groups in total. The van der Waals surface area contributed by atoms with E-state index in [1.54, 1.807) is 29.1 Å². The molecule has 88 valence electrons. The van der Waals surface area contributed by atoms with E-state index in [-0.39, 0.29) is 5.75 Å². The fourth-order valence-electron chi connectivity index (χ4n) is 1.24. The molecular formula is C9H13N2O4S+. The second-order valence-electron chi connectivity index (χ2n) is 3.23. The van der Waals surface area contributed by atoms with Crippen LogP contribution in [0.25, 0.3) is 0 Å². The number of aryl methyl sites for hydroxylation is 1. The first-order chi connectivity index (χ1) is 7.51. The molecule has 0 saturated carbocycles. The Bertz CT molecular complexity index is 458. The zero-order valence-electron chi connectivity index (χ0n) is 8.54. The zero-order chi connectivity index (χ0) is 12.0. The third kappa shape index (κ3) is 4.85. The summed E-state index contributed by atoms with van der Waals surface area (Å²) < 4.78 is 31.2. The Labute approximate surface area is 93.7 Å². The highest BCUT2D eigenvalue weighted by Gasteiger charge is 2.07. The first-order valence-electron chi connectivity index (χ1n) is 4.66. The summed E-state index contributed by atoms with van der Waals surface area (Å²) in [6.45, 7) is 0.453. The van der Waals surface area contributed by atoms with Crippen molar-refractivity contribution < 1.29 is 22.3 Å². The van der Waals surface area contributed by atoms with Gasteiger partial charge in [0.15, 0.2) is 12.4 Å². The molecule has 1 heterocycles. The van der Waals surface area contributed by atoms with Gasteiger partial charge in [-0.1, -0.05) is 0 Å². The lowest BCUT2D eigenvalue weighted by Gasteiger charge is -1.99. The van der Waals surface area contributed by atoms with Gasteiger partial charge in [-0.3, -0.25) is 9.35 Å². The summed E-state index contributed by atoms with van der Waals surface area (Å²) in [6, 6.07) is 3.45. The van der Waals surface area contributed by atoms with E-state index in [0.29, 0.717) is 25.1 Å². The van der Waals surface area contributed by atoms with Gasteiger partial charge < -0.3 is 5.32 Å². The van der Waals surface area contributed by atoms with Gasteiger partial charge in [-0.15, -0.1) is 0 Å². The molecule has 1 amide bonds. The number of pyridine rings is 1. The van der Waals surface area contributed by atoms with Crippen LogP contribution in [-0.4, -0.2) is 25.1 Å². The van der Waals surface area contributed by atoms with Crippen LogP contribution >= 0.6 is 0 Å². The summed E-state index contributed by atoms with van der Waals surface area (Å²) in [5.41, 5.74) is 0.629. The highest BCUT2D eigenvalue weighted by atomic mass is 32.2. The van der Waals surface area contributed by atoms with Crippen LogP contribution in [0.5, 0.6) is 0 Å². The van der Waals surface area contributed by atoms with Gasteiger partial charge in [-0.05, 0) is 6.07 Å². The Morgan fingerprint density at radius 1 is 1.50 bits per heavy atom. The monoisotopic (exact) mass is 245 g/mol. The smallest absolute Gasteiger partial charge is 0.265 e. The topological polar surface area (TPSA) is 87.4 Å². The molecule has 0 aliphatic rings. The summed E-state index contributed by atoms with van der Waals surface area (Å²) >= 11 is 0. The van der Waals surface area contributed by atoms with Crippen LogP contribution in [0, 0.1) is 0 Å². The Kier molecular flexibility index (Phi) is 4.39. The van der Waals surface area contributed by atoms with Crippen molar-refractivity contribution in [2.45, 2.75) is 13.0 Å². The van der Waals surface area contributed by atoms with Crippen LogP contribution in [0.3, 0.4) is 0 Å². The van der Waals surface area contributed by atoms with Crippen molar-refractivity contribution >= 4 is 22.2 Å². The first-order valence-corrected chi connectivity index (χ1v) is 6.26. The fraction of sp³-hybridized carbons (Fsp3) is 0.333. The second-order valence-corrected chi connectivity index (χ2v) is 4.80. The van der Waals surface area contributed by atoms with Crippen molar-refractivity contribution in [3.05, 3.63) is 24.5 Å². The molecule has 0 aliphatic carbocycles. The zero-order valence-corrected chi connectivity index (χ0v) is 9.35. The van der Waals surface area contributed by atoms with E-state index >= 15 is 0 Å². The lowest BCUT2D eigenvalue weighted by Crippen LogP contribution is -2.34. The van der Waals surface area contributed by atoms with Crippen molar-refractivity contribution in [3.8, 4) is 0 Å². The van der Waals surface area contributed by atoms with Crippen molar-refractivity contribution in [3.63, 3.8) is 0 Å². The summed E-state index contributed by atoms with van der Waals surface area (Å²) in [7, 11) is -3.90. The predicted molar refractivity (Wildman–Crippen MR) is 57.4 cm³/mol. The SMILES string of the molecule is O=CNc1ccc[n+](CCCS(=O)(=O)O)c1. The molecule has 0 spiro atoms. The van der Waals surface area contributed by atoms with E-state index in [4.69, 9.17) is 4.55 Å². The number of nitrogens with one attached hydrogen (secondary N) is 1. The standard InChI is InChI=1S/C9H12N2O4S/c12-8-10-9-3-1-4-11(7-9)5-2-6-16(13,14)15/h1,3-4,7-8H,2,5-6H2,(H-,10,12,13,14,15)/p+1. The number of hydrogen-bond acceptors (Lipinski definition) is 3. The van der Waals surface area contributed by atoms with Crippen LogP contribution < -0.4 is 9.88 Å². The molecule has 1 aromatic heterocycles. The van der Waals surface area contributed by atoms with Gasteiger partial charge in [-0.2, -0.15) is 8.42 Å². The maximum Gasteiger partial charge on any atom is 0.265 e. The Balaban J connectivity index is 2.54. The summed E-state index contributed by atoms with van der Waals surface area (Å²) in [4.78, 5) is 10.2. The van der Waals surface area contributed by atoms with Crippen LogP contribution in [0.2, 0.25) is 0 Å². The number of carbonyl (C=O) groups excluding carboxylic acids is 1. The minimum absolute atomic E-state index is 0.272. The van der Waals surface area contributed by atoms with Gasteiger partial charge >= 0.3 is 0 Å². The molecule has 0 unspecified atom stereocenters. The molecule has 7 heteroatoms. The van der Waals surface area contributed by atoms with E-state index < -0.39 is 10.1 Å². The molecular weight excluding hydrogens is 232 g/mol. The lowest BCUT2D eigenvalue weighted by atomic mass is 10.4. The third-order valence-electron chi connectivity index (χ3n) is 1.90. The highest BCUT2D eigenvalue weighted by molar-refractivity contribution is 7.85. The quantitative estimate of drug-likeness (QED) is 0.413. The molecule has 0 fully saturated rings. The van der Waals surface area contributed by atoms with E-state index in [9.17, 15) is 13.2 Å². The van der Waals surface area contributed by atoms with Crippen LogP contribution in [0.15, 0.2) is 24.5 Å². The molecule has 16 heavy (non-hydrogen) atoms. The number of rotatable bonds is 6. The summed E-state index contributed by atoms with van der Waals surface area (Å²) in [5.74, 6) is -0.272. The Hall–Kier alpha value is -1.47. The van der Waals surface area contributed by atoms with Crippen molar-refractivity contribution in [1.82, 2.24) is 0 Å². The third-order valence-corrected chi connectivity index (χ3v) is 2.71. The summed E-state index contributed by atoms with van der Waals surface area (Å²) in [6.07, 6.45) is 4.31. The lowest BCUT2D eigenvalue weighted by molar-refractivity contribution is -0.696. The minimum Gasteiger partial charge on any atom is -0.324 e. The highest BCUT2D eigenvalue weighted by Crippen LogP contribution is 1.99. The molecule has 0 radical (unpaired) electrons. The number of nitrogens with zero attached hydrogens (tertiary/aromatic N) is 1. The number of hydrogen-bond donors (Lipinski definition) is 2. The Morgan fingerprint density at radius 3 is 2.88 bits per heavy atom. The van der Waals surface area contributed by atoms with Gasteiger partial charge in [0.2, 0.25) is 6.41 Å². The molecule has 0 aromatic carbocycles. The molecule has 0 saturated heterocycles. The Morgan fingerprint density at radius 2 is 2.25 bits per heavy atom. The first kappa shape index (κ1) is 12.6. The molecule has 0 bridgehead atoms. The molecule has 0 atom stereocenters. The van der Waals surface area contributed by atoms with Gasteiger partial charge in [0.1, 0.15) is 12.2 Å². The van der Waals surface area contributed by atoms with Crippen molar-refractivity contribution in [1.29, 1.82) is 0 Å². The van der Waals surface area contributed by atoms with Gasteiger partial charge in [0, 0.05) is 12.5 Å². The van der Waals surface area contributed by atoms with E-state index in [0.717, 1.165) is 0 Å². The van der Waals surface area contributed by atoms with Crippen LogP contribution in [0.1, 0.15) is 6.42 Å². The van der Waals surface area contributed by atoms with Gasteiger partial charge in [0.05, 0.1) is 5.75 Å². The van der Waals surface area contributed by atoms with Crippen LogP contribution in [-0.2, 0) is 21.5 Å². The average molecular weight is 245 g/mol. The van der Waals surface area contributed by atoms with Gasteiger partial charge in [-0.25, -0.2) is 4.57 Å². The number of carbonyl (C=O) groups is 1. The number of anilines is 1. The number of aromatic nitrogens is 1. The second kappa shape index (κ2) is 5.57. The maximum atomic E-state index is 10.5. The average Bonchev–Trinajstić information content (AvgIpc) is 2.17. The largest absolute Gasteiger partial charge is 0.324 e. The van der Waals surface area contributed by atoms with E-state index in [1.807, 2.05) is 0 Å². The van der Waals surface area contributed by atoms with E-state index in [2.05, 4.69) is 5.32 Å². The van der Waals surface area contributed by atoms with E-state index in [1.165, 1.54) is 0 Å². The molecule has 1 rings (SSSR count). The fourth-order valence-corrected chi connectivity index (χ4v) is 1.74. The normalized spacial score (nSPS) is 11.1. The maximum absolute atomic E-state index is 10.5. The van der Waals surface area contributed by atoms with Crippen molar-refractivity contribution in [2.75, 3.05) is 11.1 Å². The number of amides is 1. The minimum atomic E-state index is -3.90. The molecule has 1 aromatic rings. The predicted octanol–water partition coefficient (Wildman–Crippen LogP) is -0.180. The van der Waals surface area contributed by atoms with Crippen LogP contribution in [0.4, 0.5) is 5.69 Å². The molecule has 6 nitrogen and oxygen atoms in total. The molecule has 0 aliphatic heterocycles. The van der Waals surface area contributed by atoms with Gasteiger partial charge in [0.25, 0.3) is 10.1 Å².